The number of aromatic nitrogens is 1. The normalized spacial score (nSPS) is 13.1. The molecule has 40 heavy (non-hydrogen) atoms. The lowest BCUT2D eigenvalue weighted by Crippen LogP contribution is -2.48. The number of carbonyl (C=O) groups is 1. The second kappa shape index (κ2) is 13.7. The van der Waals surface area contributed by atoms with Crippen LogP contribution in [-0.4, -0.2) is 34.3 Å². The van der Waals surface area contributed by atoms with E-state index in [2.05, 4.69) is 48.1 Å². The summed E-state index contributed by atoms with van der Waals surface area (Å²) in [5.41, 5.74) is 4.10. The molecule has 0 fully saturated rings. The molecule has 0 aliphatic carbocycles. The Balaban J connectivity index is 1.50. The fraction of sp³-hybridized carbons (Fsp3) is 0.364. The van der Waals surface area contributed by atoms with Crippen LogP contribution in [0.3, 0.4) is 0 Å². The van der Waals surface area contributed by atoms with E-state index in [1.165, 1.54) is 17.7 Å². The second-order valence-electron chi connectivity index (χ2n) is 10.9. The molecule has 1 aromatic heterocycles. The molecular formula is C33H39F2N3O2. The Bertz CT molecular complexity index is 1410. The topological polar surface area (TPSA) is 66.3 Å². The van der Waals surface area contributed by atoms with Gasteiger partial charge >= 0.3 is 0 Å². The van der Waals surface area contributed by atoms with Crippen molar-refractivity contribution in [2.75, 3.05) is 6.54 Å². The van der Waals surface area contributed by atoms with E-state index < -0.39 is 23.8 Å². The highest BCUT2D eigenvalue weighted by atomic mass is 19.1. The molecule has 0 radical (unpaired) electrons. The molecule has 4 aromatic rings. The lowest BCUT2D eigenvalue weighted by Gasteiger charge is -2.25. The third-order valence-electron chi connectivity index (χ3n) is 7.22. The quantitative estimate of drug-likeness (QED) is 0.192. The summed E-state index contributed by atoms with van der Waals surface area (Å²) in [6.07, 6.45) is 3.06. The molecule has 0 spiro atoms. The van der Waals surface area contributed by atoms with Crippen LogP contribution in [-0.2, 0) is 25.9 Å². The standard InChI is InChI=1S/C33H39F2N3O2/c1-4-23-6-5-7-24(14-23)20-36-21-32(39)30(17-25-15-28(34)19-29(35)16-25)37-33(40)27-9-8-26-11-13-38(31(26)18-27)12-10-22(2)3/h5-9,11,13-16,18-19,22,30,32,36,39H,4,10,12,17,20-21H2,1-3H3,(H,37,40). The van der Waals surface area contributed by atoms with E-state index in [4.69, 9.17) is 0 Å². The van der Waals surface area contributed by atoms with Crippen LogP contribution in [0.25, 0.3) is 10.9 Å². The van der Waals surface area contributed by atoms with Crippen molar-refractivity contribution >= 4 is 16.8 Å². The largest absolute Gasteiger partial charge is 0.390 e. The monoisotopic (exact) mass is 547 g/mol. The minimum Gasteiger partial charge on any atom is -0.390 e. The molecule has 1 heterocycles. The van der Waals surface area contributed by atoms with E-state index in [1.807, 2.05) is 36.5 Å². The molecule has 1 amide bonds. The number of fused-ring (bicyclic) bond motifs is 1. The Morgan fingerprint density at radius 3 is 2.42 bits per heavy atom. The van der Waals surface area contributed by atoms with E-state index in [1.54, 1.807) is 6.07 Å². The highest BCUT2D eigenvalue weighted by Gasteiger charge is 2.23. The maximum Gasteiger partial charge on any atom is 0.251 e. The first-order chi connectivity index (χ1) is 19.2. The Labute approximate surface area is 235 Å². The number of nitrogens with zero attached hydrogens (tertiary/aromatic N) is 1. The molecule has 212 valence electrons. The van der Waals surface area contributed by atoms with Gasteiger partial charge in [0.2, 0.25) is 0 Å². The maximum atomic E-state index is 13.9. The molecule has 2 unspecified atom stereocenters. The zero-order valence-electron chi connectivity index (χ0n) is 23.5. The third-order valence-corrected chi connectivity index (χ3v) is 7.22. The van der Waals surface area contributed by atoms with Gasteiger partial charge in [0.25, 0.3) is 5.91 Å². The van der Waals surface area contributed by atoms with Gasteiger partial charge in [0.05, 0.1) is 12.1 Å². The van der Waals surface area contributed by atoms with Crippen LogP contribution in [0.5, 0.6) is 0 Å². The average molecular weight is 548 g/mol. The van der Waals surface area contributed by atoms with Gasteiger partial charge in [-0.3, -0.25) is 4.79 Å². The van der Waals surface area contributed by atoms with Gasteiger partial charge < -0.3 is 20.3 Å². The van der Waals surface area contributed by atoms with E-state index >= 15 is 0 Å². The SMILES string of the molecule is CCc1cccc(CNCC(O)C(Cc2cc(F)cc(F)c2)NC(=O)c2ccc3ccn(CCC(C)C)c3c2)c1. The zero-order chi connectivity index (χ0) is 28.6. The van der Waals surface area contributed by atoms with Crippen molar-refractivity contribution in [2.45, 2.75) is 65.3 Å². The molecule has 0 bridgehead atoms. The first-order valence-corrected chi connectivity index (χ1v) is 14.0. The van der Waals surface area contributed by atoms with Crippen LogP contribution in [0.15, 0.2) is 72.9 Å². The highest BCUT2D eigenvalue weighted by Crippen LogP contribution is 2.20. The minimum absolute atomic E-state index is 0.0710. The predicted molar refractivity (Wildman–Crippen MR) is 156 cm³/mol. The highest BCUT2D eigenvalue weighted by molar-refractivity contribution is 5.98. The molecular weight excluding hydrogens is 508 g/mol. The zero-order valence-corrected chi connectivity index (χ0v) is 23.5. The summed E-state index contributed by atoms with van der Waals surface area (Å²) in [6.45, 7) is 8.04. The van der Waals surface area contributed by atoms with Gasteiger partial charge in [-0.15, -0.1) is 0 Å². The maximum absolute atomic E-state index is 13.9. The minimum atomic E-state index is -0.997. The number of halogens is 2. The second-order valence-corrected chi connectivity index (χ2v) is 10.9. The van der Waals surface area contributed by atoms with Crippen molar-refractivity contribution in [3.63, 3.8) is 0 Å². The third kappa shape index (κ3) is 7.99. The van der Waals surface area contributed by atoms with Gasteiger partial charge in [-0.1, -0.05) is 51.1 Å². The molecule has 7 heteroatoms. The molecule has 3 N–H and O–H groups in total. The number of hydrogen-bond acceptors (Lipinski definition) is 3. The van der Waals surface area contributed by atoms with Gasteiger partial charge in [0, 0.05) is 43.0 Å². The number of aliphatic hydroxyl groups is 1. The molecule has 3 aromatic carbocycles. The summed E-state index contributed by atoms with van der Waals surface area (Å²) < 4.78 is 30.0. The summed E-state index contributed by atoms with van der Waals surface area (Å²) in [7, 11) is 0. The van der Waals surface area contributed by atoms with Crippen molar-refractivity contribution in [1.82, 2.24) is 15.2 Å². The summed E-state index contributed by atoms with van der Waals surface area (Å²) >= 11 is 0. The Kier molecular flexibility index (Phi) is 10.1. The Morgan fingerprint density at radius 2 is 1.70 bits per heavy atom. The van der Waals surface area contributed by atoms with Crippen molar-refractivity contribution in [3.05, 3.63) is 107 Å². The van der Waals surface area contributed by atoms with Crippen LogP contribution in [0.1, 0.15) is 54.2 Å². The van der Waals surface area contributed by atoms with Crippen molar-refractivity contribution in [2.24, 2.45) is 5.92 Å². The number of hydrogen-bond donors (Lipinski definition) is 3. The van der Waals surface area contributed by atoms with E-state index in [0.29, 0.717) is 23.6 Å². The van der Waals surface area contributed by atoms with Gasteiger partial charge in [-0.25, -0.2) is 8.78 Å². The number of carbonyl (C=O) groups excluding carboxylic acids is 1. The molecule has 4 rings (SSSR count). The van der Waals surface area contributed by atoms with Crippen molar-refractivity contribution in [1.29, 1.82) is 0 Å². The summed E-state index contributed by atoms with van der Waals surface area (Å²) in [6, 6.07) is 18.3. The number of rotatable bonds is 13. The van der Waals surface area contributed by atoms with Crippen molar-refractivity contribution < 1.29 is 18.7 Å². The van der Waals surface area contributed by atoms with Crippen LogP contribution < -0.4 is 10.6 Å². The molecule has 2 atom stereocenters. The van der Waals surface area contributed by atoms with E-state index in [9.17, 15) is 18.7 Å². The average Bonchev–Trinajstić information content (AvgIpc) is 3.33. The van der Waals surface area contributed by atoms with Gasteiger partial charge in [-0.05, 0) is 77.6 Å². The fourth-order valence-corrected chi connectivity index (χ4v) is 4.90. The number of aliphatic hydroxyl groups excluding tert-OH is 1. The molecule has 0 saturated carbocycles. The lowest BCUT2D eigenvalue weighted by molar-refractivity contribution is 0.0830. The fourth-order valence-electron chi connectivity index (χ4n) is 4.90. The van der Waals surface area contributed by atoms with E-state index in [0.717, 1.165) is 41.9 Å². The van der Waals surface area contributed by atoms with Crippen molar-refractivity contribution in [3.8, 4) is 0 Å². The number of amides is 1. The molecule has 0 saturated heterocycles. The molecule has 0 aliphatic heterocycles. The van der Waals surface area contributed by atoms with Crippen LogP contribution in [0, 0.1) is 17.6 Å². The van der Waals surface area contributed by atoms with E-state index in [-0.39, 0.29) is 18.9 Å². The van der Waals surface area contributed by atoms with Crippen LogP contribution in [0.4, 0.5) is 8.78 Å². The summed E-state index contributed by atoms with van der Waals surface area (Å²) in [5, 5.41) is 18.3. The first-order valence-electron chi connectivity index (χ1n) is 14.0. The van der Waals surface area contributed by atoms with Crippen LogP contribution >= 0.6 is 0 Å². The van der Waals surface area contributed by atoms with Gasteiger partial charge in [0.1, 0.15) is 11.6 Å². The first kappa shape index (κ1) is 29.4. The van der Waals surface area contributed by atoms with Gasteiger partial charge in [-0.2, -0.15) is 0 Å². The Hall–Kier alpha value is -3.55. The summed E-state index contributed by atoms with van der Waals surface area (Å²) in [4.78, 5) is 13.4. The number of benzene rings is 3. The molecule has 5 nitrogen and oxygen atoms in total. The smallest absolute Gasteiger partial charge is 0.251 e. The number of nitrogens with one attached hydrogen (secondary N) is 2. The van der Waals surface area contributed by atoms with Crippen LogP contribution in [0.2, 0.25) is 0 Å². The summed E-state index contributed by atoms with van der Waals surface area (Å²) in [5.74, 6) is -1.19. The number of aryl methyl sites for hydroxylation is 2. The van der Waals surface area contributed by atoms with Gasteiger partial charge in [0.15, 0.2) is 0 Å². The molecule has 0 aliphatic rings. The predicted octanol–water partition coefficient (Wildman–Crippen LogP) is 6.02. The lowest BCUT2D eigenvalue weighted by atomic mass is 9.99. The Morgan fingerprint density at radius 1 is 0.950 bits per heavy atom.